The minimum absolute atomic E-state index is 0.110. The van der Waals surface area contributed by atoms with Gasteiger partial charge in [0.15, 0.2) is 5.69 Å². The summed E-state index contributed by atoms with van der Waals surface area (Å²) in [6.07, 6.45) is -4.57. The van der Waals surface area contributed by atoms with Crippen LogP contribution in [0.5, 0.6) is 0 Å². The second kappa shape index (κ2) is 8.33. The highest BCUT2D eigenvalue weighted by Gasteiger charge is 2.39. The first-order valence-electron chi connectivity index (χ1n) is 7.87. The number of amides is 1. The molecule has 0 radical (unpaired) electrons. The van der Waals surface area contributed by atoms with Gasteiger partial charge in [-0.1, -0.05) is 13.8 Å². The van der Waals surface area contributed by atoms with E-state index < -0.39 is 17.9 Å². The highest BCUT2D eigenvalue weighted by molar-refractivity contribution is 9.10. The van der Waals surface area contributed by atoms with Crippen molar-refractivity contribution >= 4 is 21.8 Å². The van der Waals surface area contributed by atoms with Gasteiger partial charge >= 0.3 is 6.18 Å². The number of carbonyl (C=O) groups excluding carboxylic acids is 1. The van der Waals surface area contributed by atoms with Crippen LogP contribution in [0.2, 0.25) is 0 Å². The number of alkyl halides is 3. The molecule has 0 fully saturated rings. The van der Waals surface area contributed by atoms with Crippen molar-refractivity contribution in [1.29, 1.82) is 0 Å². The standard InChI is InChI=1S/C15H24BrF3N4O/c1-6-22(7-2)8-9(3)20-14(24)11(5)23-10(4)12(16)13(21-23)15(17,18)19/h9,11H,6-8H2,1-5H3,(H,20,24)/t9-,11-/m1/s1. The third kappa shape index (κ3) is 4.95. The molecule has 5 nitrogen and oxygen atoms in total. The van der Waals surface area contributed by atoms with E-state index in [4.69, 9.17) is 0 Å². The third-order valence-corrected chi connectivity index (χ3v) is 4.86. The fourth-order valence-electron chi connectivity index (χ4n) is 2.45. The molecule has 1 heterocycles. The molecule has 138 valence electrons. The number of nitrogens with one attached hydrogen (secondary N) is 1. The first kappa shape index (κ1) is 21.0. The lowest BCUT2D eigenvalue weighted by Gasteiger charge is -2.24. The van der Waals surface area contributed by atoms with Crippen LogP contribution in [0.25, 0.3) is 0 Å². The Kier molecular flexibility index (Phi) is 7.27. The van der Waals surface area contributed by atoms with Gasteiger partial charge in [-0.3, -0.25) is 9.48 Å². The summed E-state index contributed by atoms with van der Waals surface area (Å²) in [6, 6.07) is -0.946. The van der Waals surface area contributed by atoms with Crippen molar-refractivity contribution in [2.75, 3.05) is 19.6 Å². The average Bonchev–Trinajstić information content (AvgIpc) is 2.80. The van der Waals surface area contributed by atoms with Gasteiger partial charge in [0.2, 0.25) is 5.91 Å². The van der Waals surface area contributed by atoms with E-state index in [2.05, 4.69) is 31.2 Å². The van der Waals surface area contributed by atoms with Crippen molar-refractivity contribution in [2.45, 2.75) is 52.9 Å². The topological polar surface area (TPSA) is 50.2 Å². The zero-order chi connectivity index (χ0) is 18.7. The van der Waals surface area contributed by atoms with Crippen LogP contribution < -0.4 is 5.32 Å². The molecular weight excluding hydrogens is 389 g/mol. The number of likely N-dealkylation sites (N-methyl/N-ethyl adjacent to an activating group) is 1. The highest BCUT2D eigenvalue weighted by Crippen LogP contribution is 2.36. The lowest BCUT2D eigenvalue weighted by Crippen LogP contribution is -2.44. The first-order chi connectivity index (χ1) is 11.0. The van der Waals surface area contributed by atoms with Crippen LogP contribution in [0.1, 0.15) is 45.1 Å². The maximum Gasteiger partial charge on any atom is 0.436 e. The van der Waals surface area contributed by atoms with Gasteiger partial charge in [-0.05, 0) is 49.8 Å². The Bertz CT molecular complexity index is 570. The highest BCUT2D eigenvalue weighted by atomic mass is 79.9. The molecule has 1 rings (SSSR count). The predicted octanol–water partition coefficient (Wildman–Crippen LogP) is 3.38. The predicted molar refractivity (Wildman–Crippen MR) is 89.8 cm³/mol. The van der Waals surface area contributed by atoms with E-state index in [-0.39, 0.29) is 22.1 Å². The summed E-state index contributed by atoms with van der Waals surface area (Å²) in [7, 11) is 0. The monoisotopic (exact) mass is 412 g/mol. The fraction of sp³-hybridized carbons (Fsp3) is 0.733. The van der Waals surface area contributed by atoms with E-state index in [9.17, 15) is 18.0 Å². The molecular formula is C15H24BrF3N4O. The molecule has 24 heavy (non-hydrogen) atoms. The number of nitrogens with zero attached hydrogens (tertiary/aromatic N) is 3. The van der Waals surface area contributed by atoms with Gasteiger partial charge in [-0.25, -0.2) is 0 Å². The lowest BCUT2D eigenvalue weighted by molar-refractivity contribution is -0.142. The van der Waals surface area contributed by atoms with Crippen LogP contribution in [0.4, 0.5) is 13.2 Å². The Labute approximate surface area is 148 Å². The van der Waals surface area contributed by atoms with Crippen molar-refractivity contribution in [2.24, 2.45) is 0 Å². The van der Waals surface area contributed by atoms with E-state index in [0.717, 1.165) is 17.8 Å². The first-order valence-corrected chi connectivity index (χ1v) is 8.66. The van der Waals surface area contributed by atoms with Crippen molar-refractivity contribution in [1.82, 2.24) is 20.0 Å². The van der Waals surface area contributed by atoms with Crippen molar-refractivity contribution in [3.63, 3.8) is 0 Å². The molecule has 0 spiro atoms. The van der Waals surface area contributed by atoms with Crippen molar-refractivity contribution in [3.05, 3.63) is 15.9 Å². The molecule has 1 aromatic rings. The molecule has 0 aromatic carbocycles. The third-order valence-electron chi connectivity index (χ3n) is 3.91. The maximum atomic E-state index is 12.9. The van der Waals surface area contributed by atoms with Crippen LogP contribution in [-0.4, -0.2) is 46.3 Å². The average molecular weight is 413 g/mol. The molecule has 9 heteroatoms. The van der Waals surface area contributed by atoms with Gasteiger partial charge in [0, 0.05) is 12.6 Å². The van der Waals surface area contributed by atoms with E-state index in [1.54, 1.807) is 0 Å². The van der Waals surface area contributed by atoms with Gasteiger partial charge in [-0.15, -0.1) is 0 Å². The van der Waals surface area contributed by atoms with Gasteiger partial charge in [0.1, 0.15) is 6.04 Å². The number of aromatic nitrogens is 2. The van der Waals surface area contributed by atoms with Gasteiger partial charge in [0.05, 0.1) is 10.2 Å². The minimum atomic E-state index is -4.57. The molecule has 0 aliphatic carbocycles. The van der Waals surface area contributed by atoms with Gasteiger partial charge < -0.3 is 10.2 Å². The number of hydrogen-bond acceptors (Lipinski definition) is 3. The molecule has 0 bridgehead atoms. The quantitative estimate of drug-likeness (QED) is 0.746. The maximum absolute atomic E-state index is 12.9. The van der Waals surface area contributed by atoms with E-state index in [1.807, 2.05) is 20.8 Å². The Morgan fingerprint density at radius 2 is 1.88 bits per heavy atom. The second-order valence-corrected chi connectivity index (χ2v) is 6.55. The van der Waals surface area contributed by atoms with Crippen LogP contribution in [-0.2, 0) is 11.0 Å². The number of rotatable bonds is 7. The molecule has 1 N–H and O–H groups in total. The number of halogens is 4. The summed E-state index contributed by atoms with van der Waals surface area (Å²) in [6.45, 7) is 11.4. The fourth-order valence-corrected chi connectivity index (χ4v) is 2.93. The largest absolute Gasteiger partial charge is 0.436 e. The molecule has 0 saturated carbocycles. The molecule has 0 unspecified atom stereocenters. The van der Waals surface area contributed by atoms with Crippen molar-refractivity contribution < 1.29 is 18.0 Å². The molecule has 1 amide bonds. The molecule has 1 aromatic heterocycles. The zero-order valence-corrected chi connectivity index (χ0v) is 16.1. The minimum Gasteiger partial charge on any atom is -0.351 e. The van der Waals surface area contributed by atoms with Crippen LogP contribution in [0.15, 0.2) is 4.47 Å². The summed E-state index contributed by atoms with van der Waals surface area (Å²) < 4.78 is 39.7. The Balaban J connectivity index is 2.87. The van der Waals surface area contributed by atoms with Crippen LogP contribution >= 0.6 is 15.9 Å². The number of hydrogen-bond donors (Lipinski definition) is 1. The van der Waals surface area contributed by atoms with Gasteiger partial charge in [0.25, 0.3) is 0 Å². The van der Waals surface area contributed by atoms with E-state index in [0.29, 0.717) is 6.54 Å². The van der Waals surface area contributed by atoms with Gasteiger partial charge in [-0.2, -0.15) is 18.3 Å². The van der Waals surface area contributed by atoms with Crippen LogP contribution in [0, 0.1) is 6.92 Å². The SMILES string of the molecule is CCN(CC)C[C@@H](C)NC(=O)[C@@H](C)n1nc(C(F)(F)F)c(Br)c1C. The molecule has 2 atom stereocenters. The molecule has 0 saturated heterocycles. The van der Waals surface area contributed by atoms with E-state index >= 15 is 0 Å². The Morgan fingerprint density at radius 3 is 2.29 bits per heavy atom. The number of carbonyl (C=O) groups is 1. The summed E-state index contributed by atoms with van der Waals surface area (Å²) in [4.78, 5) is 14.5. The summed E-state index contributed by atoms with van der Waals surface area (Å²) in [5.74, 6) is -0.360. The Morgan fingerprint density at radius 1 is 1.33 bits per heavy atom. The second-order valence-electron chi connectivity index (χ2n) is 5.76. The summed E-state index contributed by atoms with van der Waals surface area (Å²) >= 11 is 2.91. The molecule has 0 aliphatic heterocycles. The van der Waals surface area contributed by atoms with Crippen LogP contribution in [0.3, 0.4) is 0 Å². The normalized spacial score (nSPS) is 14.8. The smallest absolute Gasteiger partial charge is 0.351 e. The van der Waals surface area contributed by atoms with Crippen molar-refractivity contribution in [3.8, 4) is 0 Å². The summed E-state index contributed by atoms with van der Waals surface area (Å²) in [5, 5.41) is 6.41. The molecule has 0 aliphatic rings. The van der Waals surface area contributed by atoms with E-state index in [1.165, 1.54) is 13.8 Å². The summed E-state index contributed by atoms with van der Waals surface area (Å²) in [5.41, 5.74) is -0.753. The zero-order valence-electron chi connectivity index (χ0n) is 14.5. The Hall–Kier alpha value is -1.09. The lowest BCUT2D eigenvalue weighted by atomic mass is 10.2.